The number of carboxylic acids is 1. The number of nitrogens with two attached hydrogens (primary N) is 1. The number of hydrogen-bond donors (Lipinski definition) is 10. The number of epoxide rings is 2. The fraction of sp³-hybridized carbons (Fsp3) is 0.962. The largest absolute Gasteiger partial charge is 0.479 e. The van der Waals surface area contributed by atoms with Crippen LogP contribution in [0.1, 0.15) is 0 Å². The van der Waals surface area contributed by atoms with Crippen LogP contribution in [-0.4, -0.2) is 208 Å². The monoisotopic (exact) mass is 703 g/mol. The van der Waals surface area contributed by atoms with Gasteiger partial charge in [0.15, 0.2) is 43.8 Å². The Bertz CT molecular complexity index is 1090. The summed E-state index contributed by atoms with van der Waals surface area (Å²) in [4.78, 5) is 12.6. The molecule has 48 heavy (non-hydrogen) atoms. The quantitative estimate of drug-likeness (QED) is 0.0593. The minimum Gasteiger partial charge on any atom is -0.479 e. The number of hydrogen-bond acceptors (Lipinski definition) is 21. The van der Waals surface area contributed by atoms with Gasteiger partial charge in [-0.1, -0.05) is 0 Å². The van der Waals surface area contributed by atoms with Crippen molar-refractivity contribution in [3.05, 3.63) is 0 Å². The van der Waals surface area contributed by atoms with Gasteiger partial charge in [-0.2, -0.15) is 0 Å². The van der Waals surface area contributed by atoms with Gasteiger partial charge in [0.1, 0.15) is 79.4 Å². The number of aliphatic carboxylic acids is 1. The smallest absolute Gasteiger partial charge is 0.335 e. The van der Waals surface area contributed by atoms with E-state index in [1.165, 1.54) is 0 Å². The minimum atomic E-state index is -2.10. The Morgan fingerprint density at radius 2 is 1.17 bits per heavy atom. The van der Waals surface area contributed by atoms with E-state index < -0.39 is 136 Å². The van der Waals surface area contributed by atoms with Crippen LogP contribution < -0.4 is 5.73 Å². The Balaban J connectivity index is 1.25. The van der Waals surface area contributed by atoms with Crippen LogP contribution in [0.15, 0.2) is 0 Å². The maximum absolute atomic E-state index is 12.6. The van der Waals surface area contributed by atoms with Crippen LogP contribution in [-0.2, 0) is 56.9 Å². The molecule has 22 heteroatoms. The SMILES string of the molecule is NCCOCCOC1OC2OC2C(O)C1OC1OC(C(=O)O)C(OC2OC3OC3C(O)C2O)C(OC2OC(CO)C(O)C(O)C2O)C1O. The molecule has 0 radical (unpaired) electrons. The van der Waals surface area contributed by atoms with Crippen molar-refractivity contribution in [2.45, 2.75) is 123 Å². The van der Waals surface area contributed by atoms with Gasteiger partial charge in [0, 0.05) is 6.54 Å². The number of carbonyl (C=O) groups is 1. The third-order valence-corrected chi connectivity index (χ3v) is 8.67. The van der Waals surface area contributed by atoms with Crippen molar-refractivity contribution in [2.24, 2.45) is 5.73 Å². The molecule has 11 N–H and O–H groups in total. The van der Waals surface area contributed by atoms with E-state index in [0.29, 0.717) is 0 Å². The molecule has 0 amide bonds. The van der Waals surface area contributed by atoms with Gasteiger partial charge < -0.3 is 104 Å². The summed E-state index contributed by atoms with van der Waals surface area (Å²) >= 11 is 0. The Morgan fingerprint density at radius 1 is 0.583 bits per heavy atom. The van der Waals surface area contributed by atoms with E-state index >= 15 is 0 Å². The zero-order valence-corrected chi connectivity index (χ0v) is 25.1. The highest BCUT2D eigenvalue weighted by molar-refractivity contribution is 5.73. The summed E-state index contributed by atoms with van der Waals surface area (Å²) in [5.74, 6) is -1.70. The van der Waals surface area contributed by atoms with E-state index in [1.807, 2.05) is 0 Å². The first-order valence-corrected chi connectivity index (χ1v) is 15.3. The zero-order chi connectivity index (χ0) is 34.4. The van der Waals surface area contributed by atoms with Crippen molar-refractivity contribution < 1.29 is 103 Å². The summed E-state index contributed by atoms with van der Waals surface area (Å²) in [5.41, 5.74) is 5.40. The number of aliphatic hydroxyl groups excluding tert-OH is 8. The number of carboxylic acid groups (broad SMARTS) is 1. The molecular weight excluding hydrogens is 662 g/mol. The average Bonchev–Trinajstić information content (AvgIpc) is 3.99. The second-order valence-electron chi connectivity index (χ2n) is 11.9. The molecule has 20 atom stereocenters. The molecule has 0 saturated carbocycles. The lowest BCUT2D eigenvalue weighted by Crippen LogP contribution is -2.67. The Morgan fingerprint density at radius 3 is 1.83 bits per heavy atom. The highest BCUT2D eigenvalue weighted by atomic mass is 16.9. The first-order valence-electron chi connectivity index (χ1n) is 15.3. The molecule has 0 spiro atoms. The molecule has 6 rings (SSSR count). The third kappa shape index (κ3) is 7.35. The molecule has 6 fully saturated rings. The number of ether oxygens (including phenoxy) is 11. The van der Waals surface area contributed by atoms with Gasteiger partial charge in [-0.05, 0) is 0 Å². The molecule has 276 valence electrons. The third-order valence-electron chi connectivity index (χ3n) is 8.67. The highest BCUT2D eigenvalue weighted by Gasteiger charge is 2.62. The van der Waals surface area contributed by atoms with Crippen LogP contribution in [0.3, 0.4) is 0 Å². The van der Waals surface area contributed by atoms with Crippen molar-refractivity contribution in [1.82, 2.24) is 0 Å². The van der Waals surface area contributed by atoms with Crippen LogP contribution >= 0.6 is 0 Å². The van der Waals surface area contributed by atoms with Crippen molar-refractivity contribution in [3.8, 4) is 0 Å². The standard InChI is InChI=1S/C26H41NO21/c27-1-2-38-3-4-39-24-16(12(34)17-26(44-17)48-24)42-23-13(35)14(41-21-10(32)8(30)7(29)6(5-28)40-21)18(19(46-23)20(36)37)45-22-11(33)9(31)15-25(43-15)47-22/h6-19,21-26,28-35H,1-5,27H2,(H,36,37). The van der Waals surface area contributed by atoms with E-state index in [-0.39, 0.29) is 26.4 Å². The fourth-order valence-corrected chi connectivity index (χ4v) is 5.93. The predicted molar refractivity (Wildman–Crippen MR) is 142 cm³/mol. The summed E-state index contributed by atoms with van der Waals surface area (Å²) < 4.78 is 60.8. The first-order chi connectivity index (χ1) is 22.9. The number of fused-ring (bicyclic) bond motifs is 2. The van der Waals surface area contributed by atoms with Crippen molar-refractivity contribution >= 4 is 5.97 Å². The second kappa shape index (κ2) is 15.1. The fourth-order valence-electron chi connectivity index (χ4n) is 5.93. The van der Waals surface area contributed by atoms with Crippen molar-refractivity contribution in [3.63, 3.8) is 0 Å². The van der Waals surface area contributed by atoms with Gasteiger partial charge in [-0.15, -0.1) is 0 Å². The van der Waals surface area contributed by atoms with Crippen LogP contribution in [0.25, 0.3) is 0 Å². The number of rotatable bonds is 14. The first kappa shape index (κ1) is 36.5. The van der Waals surface area contributed by atoms with E-state index in [0.717, 1.165) is 0 Å². The number of aliphatic hydroxyl groups is 8. The van der Waals surface area contributed by atoms with Crippen LogP contribution in [0.5, 0.6) is 0 Å². The Hall–Kier alpha value is -1.33. The van der Waals surface area contributed by atoms with Gasteiger partial charge in [0.25, 0.3) is 0 Å². The summed E-state index contributed by atoms with van der Waals surface area (Å²) in [6, 6.07) is 0. The molecule has 6 saturated heterocycles. The lowest BCUT2D eigenvalue weighted by molar-refractivity contribution is -0.388. The summed E-state index contributed by atoms with van der Waals surface area (Å²) in [5, 5.41) is 94.4. The van der Waals surface area contributed by atoms with E-state index in [2.05, 4.69) is 0 Å². The summed E-state index contributed by atoms with van der Waals surface area (Å²) in [6.07, 6.45) is -31.8. The average molecular weight is 704 g/mol. The summed E-state index contributed by atoms with van der Waals surface area (Å²) in [6.45, 7) is -0.292. The van der Waals surface area contributed by atoms with Crippen molar-refractivity contribution in [2.75, 3.05) is 33.0 Å². The lowest BCUT2D eigenvalue weighted by Gasteiger charge is -2.48. The summed E-state index contributed by atoms with van der Waals surface area (Å²) in [7, 11) is 0. The molecule has 20 unspecified atom stereocenters. The maximum Gasteiger partial charge on any atom is 0.335 e. The Kier molecular flexibility index (Phi) is 11.5. The van der Waals surface area contributed by atoms with Crippen LogP contribution in [0.2, 0.25) is 0 Å². The molecule has 0 bridgehead atoms. The van der Waals surface area contributed by atoms with Gasteiger partial charge in [0.05, 0.1) is 26.4 Å². The molecule has 0 aliphatic carbocycles. The molecule has 22 nitrogen and oxygen atoms in total. The zero-order valence-electron chi connectivity index (χ0n) is 25.1. The van der Waals surface area contributed by atoms with Gasteiger partial charge in [0.2, 0.25) is 0 Å². The van der Waals surface area contributed by atoms with Gasteiger partial charge in [-0.25, -0.2) is 4.79 Å². The van der Waals surface area contributed by atoms with E-state index in [4.69, 9.17) is 57.8 Å². The van der Waals surface area contributed by atoms with Crippen LogP contribution in [0, 0.1) is 0 Å². The van der Waals surface area contributed by atoms with E-state index in [9.17, 15) is 50.8 Å². The molecule has 0 aromatic carbocycles. The normalized spacial score (nSPS) is 51.5. The molecule has 0 aromatic heterocycles. The van der Waals surface area contributed by atoms with Crippen LogP contribution in [0.4, 0.5) is 0 Å². The lowest BCUT2D eigenvalue weighted by atomic mass is 9.96. The minimum absolute atomic E-state index is 0.0552. The van der Waals surface area contributed by atoms with Crippen molar-refractivity contribution in [1.29, 1.82) is 0 Å². The van der Waals surface area contributed by atoms with Gasteiger partial charge in [-0.3, -0.25) is 0 Å². The molecule has 0 aromatic rings. The topological polar surface area (TPSA) is 333 Å². The van der Waals surface area contributed by atoms with Gasteiger partial charge >= 0.3 is 5.97 Å². The molecule has 6 heterocycles. The second-order valence-corrected chi connectivity index (χ2v) is 11.9. The molecule has 6 aliphatic rings. The maximum atomic E-state index is 12.6. The van der Waals surface area contributed by atoms with E-state index in [1.54, 1.807) is 0 Å². The molecular formula is C26H41NO21. The Labute approximate surface area is 271 Å². The molecule has 6 aliphatic heterocycles. The highest BCUT2D eigenvalue weighted by Crippen LogP contribution is 2.41. The predicted octanol–water partition coefficient (Wildman–Crippen LogP) is -7.65.